The second kappa shape index (κ2) is 2.77. The van der Waals surface area contributed by atoms with Crippen molar-refractivity contribution in [2.24, 2.45) is 5.73 Å². The molecule has 0 spiro atoms. The Labute approximate surface area is 85.4 Å². The first kappa shape index (κ1) is 8.37. The maximum atomic E-state index is 6.07. The molecule has 0 saturated carbocycles. The average molecular weight is 203 g/mol. The van der Waals surface area contributed by atoms with Crippen LogP contribution in [0, 0.1) is 0 Å². The fourth-order valence-electron chi connectivity index (χ4n) is 1.73. The van der Waals surface area contributed by atoms with Gasteiger partial charge in [-0.1, -0.05) is 18.2 Å². The number of fused-ring (bicyclic) bond motifs is 1. The van der Waals surface area contributed by atoms with Crippen molar-refractivity contribution in [2.75, 3.05) is 0 Å². The molecule has 6 heteroatoms. The van der Waals surface area contributed by atoms with Gasteiger partial charge < -0.3 is 4.74 Å². The van der Waals surface area contributed by atoms with Crippen LogP contribution in [0.15, 0.2) is 24.3 Å². The molecule has 1 aliphatic rings. The highest BCUT2D eigenvalue weighted by Gasteiger charge is 2.40. The number of ether oxygens (including phenoxy) is 1. The summed E-state index contributed by atoms with van der Waals surface area (Å²) in [5.41, 5.74) is 6.14. The zero-order chi connectivity index (χ0) is 10.3. The van der Waals surface area contributed by atoms with E-state index >= 15 is 0 Å². The number of aromatic amines is 1. The topological polar surface area (TPSA) is 89.7 Å². The van der Waals surface area contributed by atoms with E-state index in [0.29, 0.717) is 12.2 Å². The summed E-state index contributed by atoms with van der Waals surface area (Å²) in [6.45, 7) is 0. The minimum Gasteiger partial charge on any atom is -0.465 e. The van der Waals surface area contributed by atoms with Crippen molar-refractivity contribution in [3.05, 3.63) is 35.7 Å². The highest BCUT2D eigenvalue weighted by Crippen LogP contribution is 2.35. The van der Waals surface area contributed by atoms with Gasteiger partial charge in [0.05, 0.1) is 0 Å². The van der Waals surface area contributed by atoms with Gasteiger partial charge in [-0.2, -0.15) is 5.21 Å². The molecule has 1 aliphatic heterocycles. The van der Waals surface area contributed by atoms with Gasteiger partial charge in [0.2, 0.25) is 11.5 Å². The number of hydrogen-bond acceptors (Lipinski definition) is 5. The Bertz CT molecular complexity index is 456. The van der Waals surface area contributed by atoms with Gasteiger partial charge in [0.15, 0.2) is 0 Å². The zero-order valence-electron chi connectivity index (χ0n) is 7.84. The molecule has 1 unspecified atom stereocenters. The van der Waals surface area contributed by atoms with Crippen LogP contribution in [0.2, 0.25) is 0 Å². The van der Waals surface area contributed by atoms with Crippen molar-refractivity contribution in [1.29, 1.82) is 0 Å². The molecular formula is C9H9N5O. The normalized spacial score (nSPS) is 23.5. The fourth-order valence-corrected chi connectivity index (χ4v) is 1.73. The lowest BCUT2D eigenvalue weighted by molar-refractivity contribution is 0.0906. The van der Waals surface area contributed by atoms with Gasteiger partial charge in [0.1, 0.15) is 5.75 Å². The number of benzene rings is 1. The smallest absolute Gasteiger partial charge is 0.233 e. The van der Waals surface area contributed by atoms with Crippen LogP contribution in [0.3, 0.4) is 0 Å². The number of rotatable bonds is 1. The van der Waals surface area contributed by atoms with Crippen molar-refractivity contribution < 1.29 is 4.74 Å². The van der Waals surface area contributed by atoms with E-state index in [4.69, 9.17) is 10.5 Å². The number of aromatic nitrogens is 4. The molecule has 0 bridgehead atoms. The summed E-state index contributed by atoms with van der Waals surface area (Å²) >= 11 is 0. The first-order valence-corrected chi connectivity index (χ1v) is 4.58. The standard InChI is InChI=1S/C9H9N5O/c10-9(8-11-13-14-12-8)5-6-3-1-2-4-7(6)15-9/h1-4H,5,10H2,(H,11,12,13,14). The Hall–Kier alpha value is -1.95. The predicted octanol–water partition coefficient (Wildman–Crippen LogP) is -0.0537. The summed E-state index contributed by atoms with van der Waals surface area (Å²) < 4.78 is 5.63. The third kappa shape index (κ3) is 1.18. The van der Waals surface area contributed by atoms with Gasteiger partial charge in [-0.3, -0.25) is 5.73 Å². The van der Waals surface area contributed by atoms with Crippen molar-refractivity contribution >= 4 is 0 Å². The van der Waals surface area contributed by atoms with Crippen LogP contribution < -0.4 is 10.5 Å². The Morgan fingerprint density at radius 2 is 2.27 bits per heavy atom. The molecule has 2 aromatic rings. The molecule has 0 amide bonds. The van der Waals surface area contributed by atoms with Gasteiger partial charge >= 0.3 is 0 Å². The predicted molar refractivity (Wildman–Crippen MR) is 50.8 cm³/mol. The van der Waals surface area contributed by atoms with Crippen LogP contribution >= 0.6 is 0 Å². The van der Waals surface area contributed by atoms with Crippen LogP contribution in [0.4, 0.5) is 0 Å². The zero-order valence-corrected chi connectivity index (χ0v) is 7.84. The molecule has 1 atom stereocenters. The molecule has 0 saturated heterocycles. The molecule has 1 aromatic heterocycles. The molecule has 1 aromatic carbocycles. The maximum absolute atomic E-state index is 6.07. The van der Waals surface area contributed by atoms with Crippen LogP contribution in [-0.4, -0.2) is 20.6 Å². The highest BCUT2D eigenvalue weighted by molar-refractivity contribution is 5.39. The molecule has 2 heterocycles. The third-order valence-electron chi connectivity index (χ3n) is 2.44. The van der Waals surface area contributed by atoms with Gasteiger partial charge in [-0.25, -0.2) is 0 Å². The second-order valence-electron chi connectivity index (χ2n) is 3.51. The Balaban J connectivity index is 2.01. The number of nitrogens with one attached hydrogen (secondary N) is 1. The van der Waals surface area contributed by atoms with Crippen molar-refractivity contribution in [3.63, 3.8) is 0 Å². The number of nitrogens with zero attached hydrogens (tertiary/aromatic N) is 3. The van der Waals surface area contributed by atoms with E-state index in [1.807, 2.05) is 24.3 Å². The van der Waals surface area contributed by atoms with Crippen LogP contribution in [-0.2, 0) is 12.1 Å². The Kier molecular flexibility index (Phi) is 1.54. The SMILES string of the molecule is NC1(c2nn[nH]n2)Cc2ccccc2O1. The molecular weight excluding hydrogens is 194 g/mol. The van der Waals surface area contributed by atoms with Gasteiger partial charge in [-0.05, 0) is 11.3 Å². The molecule has 0 fully saturated rings. The van der Waals surface area contributed by atoms with E-state index in [-0.39, 0.29) is 0 Å². The monoisotopic (exact) mass is 203 g/mol. The number of hydrogen-bond donors (Lipinski definition) is 2. The van der Waals surface area contributed by atoms with Gasteiger partial charge in [-0.15, -0.1) is 10.2 Å². The van der Waals surface area contributed by atoms with Gasteiger partial charge in [0.25, 0.3) is 0 Å². The highest BCUT2D eigenvalue weighted by atomic mass is 16.5. The first-order chi connectivity index (χ1) is 7.28. The van der Waals surface area contributed by atoms with E-state index in [1.54, 1.807) is 0 Å². The van der Waals surface area contributed by atoms with Crippen molar-refractivity contribution in [2.45, 2.75) is 12.1 Å². The summed E-state index contributed by atoms with van der Waals surface area (Å²) in [5.74, 6) is 1.16. The number of nitrogens with two attached hydrogens (primary N) is 1. The first-order valence-electron chi connectivity index (χ1n) is 4.58. The summed E-state index contributed by atoms with van der Waals surface area (Å²) in [6, 6.07) is 7.71. The van der Waals surface area contributed by atoms with E-state index < -0.39 is 5.72 Å². The fraction of sp³-hybridized carbons (Fsp3) is 0.222. The molecule has 76 valence electrons. The molecule has 3 N–H and O–H groups in total. The molecule has 6 nitrogen and oxygen atoms in total. The largest absolute Gasteiger partial charge is 0.465 e. The van der Waals surface area contributed by atoms with E-state index in [9.17, 15) is 0 Å². The Morgan fingerprint density at radius 1 is 1.40 bits per heavy atom. The van der Waals surface area contributed by atoms with Crippen LogP contribution in [0.25, 0.3) is 0 Å². The molecule has 15 heavy (non-hydrogen) atoms. The minimum absolute atomic E-state index is 0.374. The summed E-state index contributed by atoms with van der Waals surface area (Å²) in [6.07, 6.45) is 0.558. The maximum Gasteiger partial charge on any atom is 0.233 e. The third-order valence-corrected chi connectivity index (χ3v) is 2.44. The lowest BCUT2D eigenvalue weighted by Gasteiger charge is -2.18. The number of tetrazole rings is 1. The van der Waals surface area contributed by atoms with Crippen molar-refractivity contribution in [3.8, 4) is 5.75 Å². The number of H-pyrrole nitrogens is 1. The lowest BCUT2D eigenvalue weighted by atomic mass is 10.1. The quantitative estimate of drug-likeness (QED) is 0.678. The van der Waals surface area contributed by atoms with Crippen molar-refractivity contribution in [1.82, 2.24) is 20.6 Å². The van der Waals surface area contributed by atoms with E-state index in [1.165, 1.54) is 0 Å². The summed E-state index contributed by atoms with van der Waals surface area (Å²) in [7, 11) is 0. The summed E-state index contributed by atoms with van der Waals surface area (Å²) in [5, 5.41) is 13.6. The van der Waals surface area contributed by atoms with E-state index in [2.05, 4.69) is 20.6 Å². The molecule has 0 aliphatic carbocycles. The molecule has 0 radical (unpaired) electrons. The minimum atomic E-state index is -0.989. The number of para-hydroxylation sites is 1. The summed E-state index contributed by atoms with van der Waals surface area (Å²) in [4.78, 5) is 0. The van der Waals surface area contributed by atoms with E-state index in [0.717, 1.165) is 11.3 Å². The average Bonchev–Trinajstić information content (AvgIpc) is 2.83. The van der Waals surface area contributed by atoms with Crippen LogP contribution in [0.1, 0.15) is 11.4 Å². The molecule has 3 rings (SSSR count). The lowest BCUT2D eigenvalue weighted by Crippen LogP contribution is -2.42. The Morgan fingerprint density at radius 3 is 3.00 bits per heavy atom. The second-order valence-corrected chi connectivity index (χ2v) is 3.51. The van der Waals surface area contributed by atoms with Gasteiger partial charge in [0, 0.05) is 12.0 Å². The van der Waals surface area contributed by atoms with Crippen LogP contribution in [0.5, 0.6) is 5.75 Å².